The fraction of sp³-hybridized carbons (Fsp3) is 0.0769. The second kappa shape index (κ2) is 14.0. The number of H-pyrrole nitrogens is 1. The molecule has 0 aliphatic carbocycles. The molecule has 5 rings (SSSR count). The van der Waals surface area contributed by atoms with Gasteiger partial charge in [-0.2, -0.15) is 0 Å². The number of nitro groups is 1. The number of hydrogen-bond acceptors (Lipinski definition) is 9. The molecule has 5 N–H and O–H groups in total. The largest absolute Gasteiger partial charge is 0.378 e. The van der Waals surface area contributed by atoms with Gasteiger partial charge in [-0.25, -0.2) is 19.9 Å². The van der Waals surface area contributed by atoms with Crippen LogP contribution in [0.2, 0.25) is 10.0 Å². The number of nitrogens with two attached hydrogens (primary N) is 1. The highest BCUT2D eigenvalue weighted by molar-refractivity contribution is 6.36. The van der Waals surface area contributed by atoms with Crippen molar-refractivity contribution in [3.63, 3.8) is 0 Å². The van der Waals surface area contributed by atoms with Crippen molar-refractivity contribution in [3.8, 4) is 33.9 Å². The second-order valence-electron chi connectivity index (χ2n) is 8.29. The van der Waals surface area contributed by atoms with E-state index in [1.807, 2.05) is 36.5 Å². The highest BCUT2D eigenvalue weighted by Crippen LogP contribution is 2.35. The minimum absolute atomic E-state index is 0. The number of imidazole rings is 1. The fourth-order valence-corrected chi connectivity index (χ4v) is 4.33. The molecule has 41 heavy (non-hydrogen) atoms. The Bertz CT molecular complexity index is 1650. The summed E-state index contributed by atoms with van der Waals surface area (Å²) in [7, 11) is 0. The average Bonchev–Trinajstić information content (AvgIpc) is 3.42. The standard InChI is InChI=1S/C26H21Cl2N9O2.2ClH/c27-16-6-7-17(19(28)12-16)23-18(25-32-14-20(34-25)15-4-2-1-3-5-15)13-33-26(36-23)31-11-10-30-22-9-8-21(37(38)39)24(29)35-22;;/h1-9,12-14H,10-11H2,(H,32,34)(H3,29,30,35)(H,31,33,36);2*1H. The molecule has 2 aromatic carbocycles. The molecular formula is C26H23Cl4N9O2. The molecule has 0 atom stereocenters. The lowest BCUT2D eigenvalue weighted by atomic mass is 10.1. The van der Waals surface area contributed by atoms with E-state index in [1.54, 1.807) is 24.4 Å². The molecule has 0 saturated carbocycles. The maximum Gasteiger partial charge on any atom is 0.311 e. The second-order valence-corrected chi connectivity index (χ2v) is 9.14. The van der Waals surface area contributed by atoms with E-state index in [2.05, 4.69) is 25.6 Å². The van der Waals surface area contributed by atoms with Crippen LogP contribution in [0.4, 0.5) is 23.3 Å². The molecular weight excluding hydrogens is 612 g/mol. The fourth-order valence-electron chi connectivity index (χ4n) is 3.83. The van der Waals surface area contributed by atoms with Gasteiger partial charge in [0, 0.05) is 47.7 Å². The number of nitrogens with one attached hydrogen (secondary N) is 3. The third kappa shape index (κ3) is 7.33. The average molecular weight is 635 g/mol. The topological polar surface area (TPSA) is 161 Å². The summed E-state index contributed by atoms with van der Waals surface area (Å²) in [6.07, 6.45) is 3.50. The molecule has 0 spiro atoms. The van der Waals surface area contributed by atoms with Gasteiger partial charge in [0.15, 0.2) is 0 Å². The highest BCUT2D eigenvalue weighted by atomic mass is 35.5. The number of benzene rings is 2. The molecule has 0 unspecified atom stereocenters. The summed E-state index contributed by atoms with van der Waals surface area (Å²) in [5.41, 5.74) is 9.07. The summed E-state index contributed by atoms with van der Waals surface area (Å²) in [5, 5.41) is 18.1. The van der Waals surface area contributed by atoms with Crippen molar-refractivity contribution in [3.05, 3.63) is 93.2 Å². The van der Waals surface area contributed by atoms with Crippen molar-refractivity contribution < 1.29 is 4.92 Å². The van der Waals surface area contributed by atoms with Crippen LogP contribution in [0, 0.1) is 10.1 Å². The molecule has 0 bridgehead atoms. The molecule has 11 nitrogen and oxygen atoms in total. The third-order valence-corrected chi connectivity index (χ3v) is 6.24. The Labute approximate surface area is 256 Å². The number of nitrogens with zero attached hydrogens (tertiary/aromatic N) is 5. The molecule has 3 aromatic heterocycles. The van der Waals surface area contributed by atoms with Crippen molar-refractivity contribution >= 4 is 71.3 Å². The van der Waals surface area contributed by atoms with Crippen LogP contribution >= 0.6 is 48.0 Å². The van der Waals surface area contributed by atoms with Gasteiger partial charge in [0.05, 0.1) is 26.9 Å². The number of aromatic nitrogens is 5. The van der Waals surface area contributed by atoms with E-state index in [1.165, 1.54) is 12.1 Å². The summed E-state index contributed by atoms with van der Waals surface area (Å²) >= 11 is 12.7. The van der Waals surface area contributed by atoms with Crippen LogP contribution in [0.25, 0.3) is 33.9 Å². The number of pyridine rings is 1. The minimum atomic E-state index is -0.579. The van der Waals surface area contributed by atoms with Crippen LogP contribution in [-0.4, -0.2) is 42.9 Å². The van der Waals surface area contributed by atoms with E-state index in [9.17, 15) is 10.1 Å². The van der Waals surface area contributed by atoms with Gasteiger partial charge in [-0.3, -0.25) is 10.1 Å². The molecule has 0 saturated heterocycles. The number of aromatic amines is 1. The smallest absolute Gasteiger partial charge is 0.311 e. The van der Waals surface area contributed by atoms with Crippen molar-refractivity contribution in [2.75, 3.05) is 29.5 Å². The lowest BCUT2D eigenvalue weighted by Gasteiger charge is -2.12. The summed E-state index contributed by atoms with van der Waals surface area (Å²) in [4.78, 5) is 31.5. The zero-order chi connectivity index (χ0) is 27.4. The summed E-state index contributed by atoms with van der Waals surface area (Å²) in [5.74, 6) is 1.21. The number of hydrogen-bond donors (Lipinski definition) is 4. The van der Waals surface area contributed by atoms with Crippen molar-refractivity contribution in [1.29, 1.82) is 0 Å². The zero-order valence-corrected chi connectivity index (χ0v) is 24.2. The molecule has 0 radical (unpaired) electrons. The lowest BCUT2D eigenvalue weighted by Crippen LogP contribution is -2.16. The molecule has 212 valence electrons. The minimum Gasteiger partial charge on any atom is -0.378 e. The maximum atomic E-state index is 10.9. The van der Waals surface area contributed by atoms with E-state index in [0.717, 1.165) is 11.3 Å². The van der Waals surface area contributed by atoms with E-state index in [0.29, 0.717) is 57.5 Å². The third-order valence-electron chi connectivity index (χ3n) is 5.69. The summed E-state index contributed by atoms with van der Waals surface area (Å²) in [6, 6.07) is 17.8. The first-order valence-corrected chi connectivity index (χ1v) is 12.5. The molecule has 0 amide bonds. The van der Waals surface area contributed by atoms with Crippen LogP contribution in [-0.2, 0) is 0 Å². The number of halogens is 4. The Kier molecular flexibility index (Phi) is 10.7. The first-order valence-electron chi connectivity index (χ1n) is 11.7. The summed E-state index contributed by atoms with van der Waals surface area (Å²) < 4.78 is 0. The first kappa shape index (κ1) is 31.4. The number of anilines is 3. The molecule has 0 fully saturated rings. The van der Waals surface area contributed by atoms with Crippen LogP contribution in [0.3, 0.4) is 0 Å². The van der Waals surface area contributed by atoms with Crippen molar-refractivity contribution in [1.82, 2.24) is 24.9 Å². The first-order chi connectivity index (χ1) is 18.9. The van der Waals surface area contributed by atoms with Crippen LogP contribution in [0.15, 0.2) is 73.1 Å². The molecule has 0 aliphatic rings. The van der Waals surface area contributed by atoms with E-state index >= 15 is 0 Å². The Balaban J connectivity index is 0.00000231. The Morgan fingerprint density at radius 3 is 2.39 bits per heavy atom. The van der Waals surface area contributed by atoms with Gasteiger partial charge < -0.3 is 21.4 Å². The van der Waals surface area contributed by atoms with Crippen LogP contribution in [0.5, 0.6) is 0 Å². The Morgan fingerprint density at radius 1 is 0.927 bits per heavy atom. The van der Waals surface area contributed by atoms with Gasteiger partial charge in [-0.15, -0.1) is 24.8 Å². The highest BCUT2D eigenvalue weighted by Gasteiger charge is 2.18. The quantitative estimate of drug-likeness (QED) is 0.0779. The SMILES string of the molecule is Cl.Cl.Nc1nc(NCCNc2ncc(-c3nc(-c4ccccc4)c[nH]3)c(-c3ccc(Cl)cc3Cl)n2)ccc1[N+](=O)[O-]. The van der Waals surface area contributed by atoms with Gasteiger partial charge in [-0.1, -0.05) is 53.5 Å². The van der Waals surface area contributed by atoms with Crippen molar-refractivity contribution in [2.45, 2.75) is 0 Å². The predicted octanol–water partition coefficient (Wildman–Crippen LogP) is 6.76. The van der Waals surface area contributed by atoms with Gasteiger partial charge >= 0.3 is 5.69 Å². The zero-order valence-electron chi connectivity index (χ0n) is 21.0. The van der Waals surface area contributed by atoms with Crippen molar-refractivity contribution in [2.24, 2.45) is 0 Å². The molecule has 15 heteroatoms. The maximum absolute atomic E-state index is 10.9. The molecule has 0 aliphatic heterocycles. The normalized spacial score (nSPS) is 10.3. The van der Waals surface area contributed by atoms with Gasteiger partial charge in [0.1, 0.15) is 11.6 Å². The van der Waals surface area contributed by atoms with Gasteiger partial charge in [0.25, 0.3) is 0 Å². The Hall–Kier alpha value is -4.16. The molecule has 3 heterocycles. The van der Waals surface area contributed by atoms with Crippen LogP contribution in [0.1, 0.15) is 0 Å². The number of nitrogen functional groups attached to an aromatic ring is 1. The predicted molar refractivity (Wildman–Crippen MR) is 167 cm³/mol. The summed E-state index contributed by atoms with van der Waals surface area (Å²) in [6.45, 7) is 0.843. The monoisotopic (exact) mass is 633 g/mol. The Morgan fingerprint density at radius 2 is 1.68 bits per heavy atom. The van der Waals surface area contributed by atoms with Gasteiger partial charge in [0.2, 0.25) is 11.8 Å². The van der Waals surface area contributed by atoms with E-state index in [4.69, 9.17) is 38.9 Å². The van der Waals surface area contributed by atoms with E-state index in [-0.39, 0.29) is 36.3 Å². The lowest BCUT2D eigenvalue weighted by molar-refractivity contribution is -0.384. The van der Waals surface area contributed by atoms with E-state index < -0.39 is 4.92 Å². The molecule has 5 aromatic rings. The van der Waals surface area contributed by atoms with Crippen LogP contribution < -0.4 is 16.4 Å². The number of rotatable bonds is 9. The van der Waals surface area contributed by atoms with Gasteiger partial charge in [-0.05, 0) is 24.3 Å².